The fourth-order valence-electron chi connectivity index (χ4n) is 7.42. The molecule has 0 saturated heterocycles. The SMILES string of the molecule is NC(=O)c1nnn2c(C(=O)NCC34CCC(C(=O)O)(CC3)CC4)cc(C(=O)NCc3ccc4c(c3)CN(c3c(N)c(=O)c3=O)CC4)nc12. The number of nitrogens with two attached hydrogens (primary N) is 2. The minimum atomic E-state index is -0.930. The van der Waals surface area contributed by atoms with Crippen LogP contribution in [0, 0.1) is 10.8 Å². The Hall–Kier alpha value is -5.67. The third-order valence-corrected chi connectivity index (χ3v) is 10.5. The van der Waals surface area contributed by atoms with E-state index in [4.69, 9.17) is 11.5 Å². The number of hydrogen-bond acceptors (Lipinski definition) is 11. The maximum atomic E-state index is 13.5. The first-order chi connectivity index (χ1) is 22.9. The summed E-state index contributed by atoms with van der Waals surface area (Å²) in [7, 11) is 0. The Labute approximate surface area is 272 Å². The van der Waals surface area contributed by atoms with Crippen LogP contribution in [0.25, 0.3) is 5.65 Å². The zero-order valence-electron chi connectivity index (χ0n) is 25.9. The molecule has 7 N–H and O–H groups in total. The molecule has 0 unspecified atom stereocenters. The number of aromatic nitrogens is 4. The van der Waals surface area contributed by atoms with Crippen molar-refractivity contribution in [2.45, 2.75) is 58.0 Å². The van der Waals surface area contributed by atoms with Gasteiger partial charge in [-0.3, -0.25) is 28.8 Å². The van der Waals surface area contributed by atoms with Gasteiger partial charge < -0.3 is 32.1 Å². The minimum absolute atomic E-state index is 0.0216. The molecule has 0 radical (unpaired) electrons. The van der Waals surface area contributed by atoms with E-state index in [1.807, 2.05) is 18.2 Å². The van der Waals surface area contributed by atoms with Crippen molar-refractivity contribution < 1.29 is 24.3 Å². The Morgan fingerprint density at radius 3 is 2.33 bits per heavy atom. The normalized spacial score (nSPS) is 21.6. The summed E-state index contributed by atoms with van der Waals surface area (Å²) in [5, 5.41) is 23.1. The zero-order chi connectivity index (χ0) is 34.0. The van der Waals surface area contributed by atoms with E-state index in [9.17, 15) is 33.9 Å². The van der Waals surface area contributed by atoms with Crippen LogP contribution in [0.2, 0.25) is 0 Å². The van der Waals surface area contributed by atoms with Gasteiger partial charge in [-0.2, -0.15) is 4.52 Å². The second kappa shape index (κ2) is 11.2. The monoisotopic (exact) mass is 655 g/mol. The number of amides is 3. The molecule has 8 rings (SSSR count). The van der Waals surface area contributed by atoms with Crippen molar-refractivity contribution in [3.05, 3.63) is 78.5 Å². The Morgan fingerprint density at radius 2 is 1.67 bits per heavy atom. The van der Waals surface area contributed by atoms with Gasteiger partial charge in [-0.25, -0.2) is 4.98 Å². The average molecular weight is 656 g/mol. The van der Waals surface area contributed by atoms with Crippen LogP contribution < -0.4 is 37.9 Å². The van der Waals surface area contributed by atoms with Crippen molar-refractivity contribution >= 4 is 40.7 Å². The first-order valence-corrected chi connectivity index (χ1v) is 15.7. The molecule has 3 heterocycles. The quantitative estimate of drug-likeness (QED) is 0.150. The highest BCUT2D eigenvalue weighted by Gasteiger charge is 2.52. The highest BCUT2D eigenvalue weighted by atomic mass is 16.4. The van der Waals surface area contributed by atoms with Gasteiger partial charge in [0, 0.05) is 32.2 Å². The van der Waals surface area contributed by atoms with Gasteiger partial charge in [-0.05, 0) is 67.1 Å². The molecule has 3 fully saturated rings. The molecule has 48 heavy (non-hydrogen) atoms. The van der Waals surface area contributed by atoms with E-state index >= 15 is 0 Å². The summed E-state index contributed by atoms with van der Waals surface area (Å²) >= 11 is 0. The molecular weight excluding hydrogens is 622 g/mol. The van der Waals surface area contributed by atoms with E-state index in [1.165, 1.54) is 6.07 Å². The molecule has 0 atom stereocenters. The summed E-state index contributed by atoms with van der Waals surface area (Å²) < 4.78 is 1.07. The van der Waals surface area contributed by atoms with E-state index in [-0.39, 0.29) is 46.1 Å². The van der Waals surface area contributed by atoms with E-state index in [0.717, 1.165) is 21.2 Å². The molecule has 3 saturated carbocycles. The van der Waals surface area contributed by atoms with E-state index < -0.39 is 40.0 Å². The fourth-order valence-corrected chi connectivity index (χ4v) is 7.42. The Kier molecular flexibility index (Phi) is 7.25. The number of carbonyl (C=O) groups is 4. The van der Waals surface area contributed by atoms with E-state index in [0.29, 0.717) is 64.6 Å². The van der Waals surface area contributed by atoms with Crippen LogP contribution in [0.4, 0.5) is 11.4 Å². The number of carbonyl (C=O) groups excluding carboxylic acids is 3. The van der Waals surface area contributed by atoms with Crippen LogP contribution in [0.3, 0.4) is 0 Å². The maximum absolute atomic E-state index is 13.5. The average Bonchev–Trinajstić information content (AvgIpc) is 3.54. The second-order valence-corrected chi connectivity index (χ2v) is 13.2. The lowest BCUT2D eigenvalue weighted by molar-refractivity contribution is -0.158. The number of hydrogen-bond donors (Lipinski definition) is 5. The summed E-state index contributed by atoms with van der Waals surface area (Å²) in [5.74, 6) is -2.88. The van der Waals surface area contributed by atoms with Gasteiger partial charge in [-0.1, -0.05) is 23.4 Å². The van der Waals surface area contributed by atoms with Crippen molar-refractivity contribution in [3.8, 4) is 0 Å². The molecule has 0 spiro atoms. The Morgan fingerprint density at radius 1 is 0.938 bits per heavy atom. The van der Waals surface area contributed by atoms with Crippen LogP contribution in [0.15, 0.2) is 33.9 Å². The van der Waals surface area contributed by atoms with Crippen molar-refractivity contribution in [3.63, 3.8) is 0 Å². The van der Waals surface area contributed by atoms with E-state index in [1.54, 1.807) is 4.90 Å². The van der Waals surface area contributed by atoms with Gasteiger partial charge in [-0.15, -0.1) is 5.10 Å². The maximum Gasteiger partial charge on any atom is 0.309 e. The summed E-state index contributed by atoms with van der Waals surface area (Å²) in [6, 6.07) is 7.00. The predicted octanol–water partition coefficient (Wildman–Crippen LogP) is 0.0491. The lowest BCUT2D eigenvalue weighted by Crippen LogP contribution is -2.50. The molecule has 16 nitrogen and oxygen atoms in total. The lowest BCUT2D eigenvalue weighted by atomic mass is 9.53. The molecule has 2 bridgehead atoms. The Balaban J connectivity index is 1.08. The van der Waals surface area contributed by atoms with Crippen molar-refractivity contribution in [2.24, 2.45) is 16.6 Å². The first kappa shape index (κ1) is 31.0. The number of nitrogens with zero attached hydrogens (tertiary/aromatic N) is 5. The fraction of sp³-hybridized carbons (Fsp3) is 0.406. The number of aliphatic carboxylic acids is 1. The van der Waals surface area contributed by atoms with Crippen molar-refractivity contribution in [1.82, 2.24) is 30.4 Å². The molecule has 3 aliphatic carbocycles. The van der Waals surface area contributed by atoms with Gasteiger partial charge in [0.05, 0.1) is 5.41 Å². The number of rotatable bonds is 9. The molecular formula is C32H33N9O7. The van der Waals surface area contributed by atoms with Gasteiger partial charge in [0.25, 0.3) is 28.6 Å². The third kappa shape index (κ3) is 5.03. The topological polar surface area (TPSA) is 245 Å². The number of nitrogens with one attached hydrogen (secondary N) is 2. The molecule has 2 aromatic heterocycles. The van der Waals surface area contributed by atoms with Crippen LogP contribution in [-0.4, -0.2) is 61.7 Å². The minimum Gasteiger partial charge on any atom is -0.481 e. The molecule has 248 valence electrons. The number of nitrogen functional groups attached to an aromatic ring is 1. The largest absolute Gasteiger partial charge is 0.481 e. The number of carboxylic acids is 1. The van der Waals surface area contributed by atoms with E-state index in [2.05, 4.69) is 25.9 Å². The lowest BCUT2D eigenvalue weighted by Gasteiger charge is -2.51. The molecule has 3 amide bonds. The van der Waals surface area contributed by atoms with Crippen molar-refractivity contribution in [1.29, 1.82) is 0 Å². The molecule has 4 aromatic rings. The number of anilines is 2. The molecule has 2 aromatic carbocycles. The van der Waals surface area contributed by atoms with Crippen LogP contribution in [0.5, 0.6) is 0 Å². The number of fused-ring (bicyclic) bond motifs is 5. The highest BCUT2D eigenvalue weighted by Crippen LogP contribution is 2.56. The summed E-state index contributed by atoms with van der Waals surface area (Å²) in [5.41, 5.74) is 11.4. The summed E-state index contributed by atoms with van der Waals surface area (Å²) in [6.07, 6.45) is 4.37. The van der Waals surface area contributed by atoms with Crippen LogP contribution in [-0.2, 0) is 24.3 Å². The number of carboxylic acid groups (broad SMARTS) is 1. The summed E-state index contributed by atoms with van der Waals surface area (Å²) in [6.45, 7) is 1.34. The number of primary amides is 1. The van der Waals surface area contributed by atoms with Crippen LogP contribution in [0.1, 0.15) is 86.7 Å². The highest BCUT2D eigenvalue weighted by molar-refractivity contribution is 6.01. The molecule has 1 aliphatic heterocycles. The van der Waals surface area contributed by atoms with Crippen molar-refractivity contribution in [2.75, 3.05) is 23.7 Å². The smallest absolute Gasteiger partial charge is 0.309 e. The predicted molar refractivity (Wildman–Crippen MR) is 170 cm³/mol. The molecule has 16 heteroatoms. The van der Waals surface area contributed by atoms with Gasteiger partial charge in [0.15, 0.2) is 11.3 Å². The standard InChI is InChI=1S/C32H33N9O7/c33-21-23(25(43)24(21)42)40-10-3-17-2-1-16(11-18(17)14-40)13-35-28(45)19-12-20(41-27(37-19)22(26(34)44)38-39-41)29(46)36-15-31-4-7-32(8-5-31,9-6-31)30(47)48/h1-2,11-12H,3-10,13-15,33H2,(H2,34,44)(H,35,45)(H,36,46)(H,47,48). The summed E-state index contributed by atoms with van der Waals surface area (Å²) in [4.78, 5) is 80.6. The van der Waals surface area contributed by atoms with Gasteiger partial charge in [0.2, 0.25) is 0 Å². The number of benzene rings is 1. The Bertz CT molecular complexity index is 2090. The first-order valence-electron chi connectivity index (χ1n) is 15.7. The van der Waals surface area contributed by atoms with Gasteiger partial charge in [0.1, 0.15) is 22.8 Å². The van der Waals surface area contributed by atoms with Gasteiger partial charge >= 0.3 is 5.97 Å². The second-order valence-electron chi connectivity index (χ2n) is 13.2. The van der Waals surface area contributed by atoms with Crippen LogP contribution >= 0.6 is 0 Å². The third-order valence-electron chi connectivity index (χ3n) is 10.5. The molecule has 4 aliphatic rings. The zero-order valence-corrected chi connectivity index (χ0v) is 25.9.